The highest BCUT2D eigenvalue weighted by Crippen LogP contribution is 2.31. The molecule has 0 spiro atoms. The van der Waals surface area contributed by atoms with Crippen molar-refractivity contribution in [2.24, 2.45) is 11.8 Å². The lowest BCUT2D eigenvalue weighted by molar-refractivity contribution is 0.298. The van der Waals surface area contributed by atoms with E-state index in [-0.39, 0.29) is 0 Å². The third-order valence-electron chi connectivity index (χ3n) is 4.76. The molecule has 23 heavy (non-hydrogen) atoms. The maximum atomic E-state index is 5.85. The molecule has 3 nitrogen and oxygen atoms in total. The SMILES string of the molecule is c1cc(OCC2CC2)cc(Oc2ccc(CC3CCC3)cn2)c1. The topological polar surface area (TPSA) is 31.4 Å². The average Bonchev–Trinajstić information content (AvgIpc) is 3.35. The maximum Gasteiger partial charge on any atom is 0.219 e. The van der Waals surface area contributed by atoms with Gasteiger partial charge in [0.25, 0.3) is 0 Å². The molecule has 3 heteroatoms. The van der Waals surface area contributed by atoms with Crippen LogP contribution in [0.25, 0.3) is 0 Å². The van der Waals surface area contributed by atoms with Gasteiger partial charge in [-0.05, 0) is 48.8 Å². The Morgan fingerprint density at radius 1 is 0.957 bits per heavy atom. The zero-order chi connectivity index (χ0) is 15.5. The fraction of sp³-hybridized carbons (Fsp3) is 0.450. The van der Waals surface area contributed by atoms with Gasteiger partial charge in [-0.25, -0.2) is 4.98 Å². The van der Waals surface area contributed by atoms with Gasteiger partial charge < -0.3 is 9.47 Å². The number of benzene rings is 1. The third kappa shape index (κ3) is 4.04. The van der Waals surface area contributed by atoms with E-state index in [2.05, 4.69) is 11.1 Å². The summed E-state index contributed by atoms with van der Waals surface area (Å²) in [5.74, 6) is 3.91. The molecule has 0 bridgehead atoms. The summed E-state index contributed by atoms with van der Waals surface area (Å²) in [5, 5.41) is 0. The lowest BCUT2D eigenvalue weighted by atomic mass is 9.81. The van der Waals surface area contributed by atoms with Gasteiger partial charge in [0.2, 0.25) is 5.88 Å². The van der Waals surface area contributed by atoms with Gasteiger partial charge >= 0.3 is 0 Å². The molecule has 2 aliphatic carbocycles. The van der Waals surface area contributed by atoms with E-state index >= 15 is 0 Å². The molecule has 2 fully saturated rings. The van der Waals surface area contributed by atoms with Gasteiger partial charge in [0.1, 0.15) is 11.5 Å². The number of ether oxygens (including phenoxy) is 2. The van der Waals surface area contributed by atoms with E-state index in [1.807, 2.05) is 36.5 Å². The van der Waals surface area contributed by atoms with Gasteiger partial charge in [0.05, 0.1) is 6.61 Å². The standard InChI is InChI=1S/C20H23NO2/c1-3-15(4-1)11-17-9-10-20(21-13-17)23-19-6-2-5-18(12-19)22-14-16-7-8-16/h2,5-6,9-10,12-13,15-16H,1,3-4,7-8,11,14H2. The van der Waals surface area contributed by atoms with Crippen LogP contribution in [-0.4, -0.2) is 11.6 Å². The van der Waals surface area contributed by atoms with Crippen LogP contribution >= 0.6 is 0 Å². The second kappa shape index (κ2) is 6.61. The van der Waals surface area contributed by atoms with E-state index in [1.54, 1.807) is 0 Å². The number of hydrogen-bond acceptors (Lipinski definition) is 3. The molecule has 2 saturated carbocycles. The van der Waals surface area contributed by atoms with Gasteiger partial charge in [-0.3, -0.25) is 0 Å². The van der Waals surface area contributed by atoms with Crippen molar-refractivity contribution in [1.82, 2.24) is 4.98 Å². The fourth-order valence-corrected chi connectivity index (χ4v) is 2.87. The molecule has 0 atom stereocenters. The minimum Gasteiger partial charge on any atom is -0.493 e. The first-order chi connectivity index (χ1) is 11.3. The molecule has 0 saturated heterocycles. The molecule has 2 aromatic rings. The molecule has 0 aliphatic heterocycles. The first kappa shape index (κ1) is 14.6. The van der Waals surface area contributed by atoms with Crippen molar-refractivity contribution in [3.8, 4) is 17.4 Å². The zero-order valence-corrected chi connectivity index (χ0v) is 13.4. The van der Waals surface area contributed by atoms with Crippen LogP contribution in [0.4, 0.5) is 0 Å². The number of rotatable bonds is 7. The van der Waals surface area contributed by atoms with E-state index in [0.29, 0.717) is 5.88 Å². The Kier molecular flexibility index (Phi) is 4.18. The second-order valence-electron chi connectivity index (χ2n) is 6.84. The Morgan fingerprint density at radius 3 is 2.52 bits per heavy atom. The lowest BCUT2D eigenvalue weighted by Gasteiger charge is -2.25. The van der Waals surface area contributed by atoms with Crippen molar-refractivity contribution in [2.75, 3.05) is 6.61 Å². The van der Waals surface area contributed by atoms with E-state index in [1.165, 1.54) is 37.7 Å². The summed E-state index contributed by atoms with van der Waals surface area (Å²) in [7, 11) is 0. The van der Waals surface area contributed by atoms with Gasteiger partial charge in [-0.1, -0.05) is 31.4 Å². The Balaban J connectivity index is 1.35. The summed E-state index contributed by atoms with van der Waals surface area (Å²) >= 11 is 0. The van der Waals surface area contributed by atoms with Gasteiger partial charge in [0, 0.05) is 18.3 Å². The lowest BCUT2D eigenvalue weighted by Crippen LogP contribution is -2.13. The summed E-state index contributed by atoms with van der Waals surface area (Å²) < 4.78 is 11.6. The molecule has 2 aliphatic rings. The second-order valence-corrected chi connectivity index (χ2v) is 6.84. The summed E-state index contributed by atoms with van der Waals surface area (Å²) in [4.78, 5) is 4.44. The highest BCUT2D eigenvalue weighted by atomic mass is 16.5. The van der Waals surface area contributed by atoms with Crippen LogP contribution < -0.4 is 9.47 Å². The van der Waals surface area contributed by atoms with Crippen molar-refractivity contribution in [2.45, 2.75) is 38.5 Å². The minimum atomic E-state index is 0.640. The van der Waals surface area contributed by atoms with Crippen molar-refractivity contribution in [1.29, 1.82) is 0 Å². The Labute approximate surface area is 137 Å². The monoisotopic (exact) mass is 309 g/mol. The van der Waals surface area contributed by atoms with E-state index < -0.39 is 0 Å². The van der Waals surface area contributed by atoms with Crippen molar-refractivity contribution in [3.63, 3.8) is 0 Å². The molecular formula is C20H23NO2. The number of pyridine rings is 1. The minimum absolute atomic E-state index is 0.640. The molecule has 0 radical (unpaired) electrons. The molecule has 0 unspecified atom stereocenters. The summed E-state index contributed by atoms with van der Waals surface area (Å²) in [5.41, 5.74) is 1.31. The largest absolute Gasteiger partial charge is 0.493 e. The van der Waals surface area contributed by atoms with Crippen LogP contribution in [0.15, 0.2) is 42.6 Å². The van der Waals surface area contributed by atoms with Gasteiger partial charge in [-0.2, -0.15) is 0 Å². The van der Waals surface area contributed by atoms with Crippen LogP contribution in [-0.2, 0) is 6.42 Å². The normalized spacial score (nSPS) is 17.6. The zero-order valence-electron chi connectivity index (χ0n) is 13.4. The van der Waals surface area contributed by atoms with Crippen molar-refractivity contribution in [3.05, 3.63) is 48.2 Å². The number of nitrogens with zero attached hydrogens (tertiary/aromatic N) is 1. The first-order valence-corrected chi connectivity index (χ1v) is 8.71. The van der Waals surface area contributed by atoms with Gasteiger partial charge in [0.15, 0.2) is 0 Å². The van der Waals surface area contributed by atoms with E-state index in [0.717, 1.165) is 36.4 Å². The summed E-state index contributed by atoms with van der Waals surface area (Å²) in [6, 6.07) is 11.9. The highest BCUT2D eigenvalue weighted by Gasteiger charge is 2.22. The molecule has 1 heterocycles. The Hall–Kier alpha value is -2.03. The molecule has 0 N–H and O–H groups in total. The van der Waals surface area contributed by atoms with Crippen molar-refractivity contribution >= 4 is 0 Å². The summed E-state index contributed by atoms with van der Waals surface area (Å²) in [6.07, 6.45) is 9.82. The number of aromatic nitrogens is 1. The Morgan fingerprint density at radius 2 is 1.83 bits per heavy atom. The molecule has 1 aromatic carbocycles. The summed E-state index contributed by atoms with van der Waals surface area (Å²) in [6.45, 7) is 0.817. The van der Waals surface area contributed by atoms with Crippen LogP contribution in [0.3, 0.4) is 0 Å². The predicted molar refractivity (Wildman–Crippen MR) is 90.0 cm³/mol. The smallest absolute Gasteiger partial charge is 0.219 e. The fourth-order valence-electron chi connectivity index (χ4n) is 2.87. The van der Waals surface area contributed by atoms with E-state index in [9.17, 15) is 0 Å². The Bertz CT molecular complexity index is 645. The predicted octanol–water partition coefficient (Wildman–Crippen LogP) is 5.01. The maximum absolute atomic E-state index is 5.85. The quantitative estimate of drug-likeness (QED) is 0.721. The molecule has 0 amide bonds. The first-order valence-electron chi connectivity index (χ1n) is 8.71. The molecule has 1 aromatic heterocycles. The van der Waals surface area contributed by atoms with Crippen LogP contribution in [0.5, 0.6) is 17.4 Å². The van der Waals surface area contributed by atoms with E-state index in [4.69, 9.17) is 9.47 Å². The molecule has 4 rings (SSSR count). The van der Waals surface area contributed by atoms with Crippen molar-refractivity contribution < 1.29 is 9.47 Å². The molecule has 120 valence electrons. The van der Waals surface area contributed by atoms with Crippen LogP contribution in [0.1, 0.15) is 37.7 Å². The highest BCUT2D eigenvalue weighted by molar-refractivity contribution is 5.35. The van der Waals surface area contributed by atoms with Gasteiger partial charge in [-0.15, -0.1) is 0 Å². The molecular weight excluding hydrogens is 286 g/mol. The third-order valence-corrected chi connectivity index (χ3v) is 4.76. The average molecular weight is 309 g/mol. The number of hydrogen-bond donors (Lipinski definition) is 0. The van der Waals surface area contributed by atoms with Crippen LogP contribution in [0.2, 0.25) is 0 Å². The van der Waals surface area contributed by atoms with Crippen LogP contribution in [0, 0.1) is 11.8 Å².